The number of nitrogens with zero attached hydrogens (tertiary/aromatic N) is 3. The van der Waals surface area contributed by atoms with Crippen LogP contribution in [0.25, 0.3) is 0 Å². The van der Waals surface area contributed by atoms with Crippen molar-refractivity contribution in [3.63, 3.8) is 0 Å². The fourth-order valence-electron chi connectivity index (χ4n) is 2.27. The van der Waals surface area contributed by atoms with Crippen LogP contribution in [0.3, 0.4) is 0 Å². The summed E-state index contributed by atoms with van der Waals surface area (Å²) >= 11 is 0. The third-order valence-corrected chi connectivity index (χ3v) is 3.61. The number of carbonyl (C=O) groups is 2. The molecule has 2 atom stereocenters. The van der Waals surface area contributed by atoms with Gasteiger partial charge in [-0.3, -0.25) is 9.59 Å². The Balaban J connectivity index is 2.23. The van der Waals surface area contributed by atoms with E-state index in [9.17, 15) is 28.0 Å². The van der Waals surface area contributed by atoms with Crippen LogP contribution in [0.2, 0.25) is 0 Å². The Morgan fingerprint density at radius 3 is 2.50 bits per heavy atom. The van der Waals surface area contributed by atoms with Gasteiger partial charge < -0.3 is 9.30 Å². The number of imidazole rings is 1. The molecule has 9 heteroatoms. The first kappa shape index (κ1) is 19.2. The van der Waals surface area contributed by atoms with Gasteiger partial charge in [-0.1, -0.05) is 12.1 Å². The molecule has 0 N–H and O–H groups in total. The lowest BCUT2D eigenvalue weighted by atomic mass is 9.96. The number of carbonyl (C=O) groups excluding carboxylic acids is 2. The number of Topliss-reactive ketones (excluding diaryl/α,β-unsaturated/α-hetero) is 2. The van der Waals surface area contributed by atoms with Gasteiger partial charge in [0.2, 0.25) is 5.78 Å². The van der Waals surface area contributed by atoms with Crippen molar-refractivity contribution in [2.24, 2.45) is 13.0 Å². The van der Waals surface area contributed by atoms with Crippen molar-refractivity contribution in [1.29, 1.82) is 5.26 Å². The van der Waals surface area contributed by atoms with Crippen molar-refractivity contribution < 1.29 is 27.5 Å². The fourth-order valence-corrected chi connectivity index (χ4v) is 2.27. The van der Waals surface area contributed by atoms with Gasteiger partial charge in [0, 0.05) is 19.4 Å². The van der Waals surface area contributed by atoms with E-state index in [0.29, 0.717) is 0 Å². The fraction of sp³-hybridized carbons (Fsp3) is 0.294. The van der Waals surface area contributed by atoms with Crippen LogP contribution < -0.4 is 4.74 Å². The highest BCUT2D eigenvalue weighted by atomic mass is 19.4. The number of aromatic nitrogens is 2. The molecule has 0 aliphatic heterocycles. The van der Waals surface area contributed by atoms with Crippen LogP contribution in [-0.2, 0) is 18.0 Å². The quantitative estimate of drug-likeness (QED) is 0.580. The van der Waals surface area contributed by atoms with Crippen LogP contribution in [-0.4, -0.2) is 27.2 Å². The topological polar surface area (TPSA) is 85.0 Å². The van der Waals surface area contributed by atoms with E-state index in [1.54, 1.807) is 6.07 Å². The van der Waals surface area contributed by atoms with Gasteiger partial charge >= 0.3 is 6.18 Å². The zero-order chi connectivity index (χ0) is 19.5. The van der Waals surface area contributed by atoms with E-state index in [-0.39, 0.29) is 5.82 Å². The molecule has 2 rings (SSSR count). The second-order valence-corrected chi connectivity index (χ2v) is 5.44. The molecule has 26 heavy (non-hydrogen) atoms. The second-order valence-electron chi connectivity index (χ2n) is 5.44. The van der Waals surface area contributed by atoms with Gasteiger partial charge in [0.15, 0.2) is 23.6 Å². The SMILES string of the molecule is C[C@H](Oc1ccccc1C(F)(F)F)C(=O)[C@H](C#N)C(=O)c1nccn1C. The monoisotopic (exact) mass is 365 g/mol. The average molecular weight is 365 g/mol. The number of ketones is 2. The molecule has 136 valence electrons. The Bertz CT molecular complexity index is 868. The van der Waals surface area contributed by atoms with Crippen molar-refractivity contribution in [2.45, 2.75) is 19.2 Å². The van der Waals surface area contributed by atoms with Crippen molar-refractivity contribution in [3.05, 3.63) is 48.0 Å². The molecule has 0 amide bonds. The van der Waals surface area contributed by atoms with Crippen molar-refractivity contribution in [1.82, 2.24) is 9.55 Å². The number of hydrogen-bond acceptors (Lipinski definition) is 5. The van der Waals surface area contributed by atoms with E-state index < -0.39 is 41.1 Å². The minimum absolute atomic E-state index is 0.104. The van der Waals surface area contributed by atoms with Gasteiger partial charge in [-0.05, 0) is 19.1 Å². The number of rotatable bonds is 6. The first-order valence-electron chi connectivity index (χ1n) is 7.44. The number of halogens is 3. The molecule has 0 aliphatic rings. The summed E-state index contributed by atoms with van der Waals surface area (Å²) < 4.78 is 45.5. The largest absolute Gasteiger partial charge is 0.482 e. The third kappa shape index (κ3) is 3.91. The van der Waals surface area contributed by atoms with Crippen LogP contribution in [0.5, 0.6) is 5.75 Å². The standard InChI is InChI=1S/C17H14F3N3O3/c1-10(26-13-6-4-3-5-12(13)17(18,19)20)14(24)11(9-21)15(25)16-22-7-8-23(16)2/h3-8,10-11H,1-2H3/t10-,11-/m0/s1. The predicted molar refractivity (Wildman–Crippen MR) is 83.2 cm³/mol. The van der Waals surface area contributed by atoms with Gasteiger partial charge in [0.25, 0.3) is 0 Å². The van der Waals surface area contributed by atoms with Crippen LogP contribution >= 0.6 is 0 Å². The smallest absolute Gasteiger partial charge is 0.419 e. The maximum absolute atomic E-state index is 13.0. The molecule has 0 unspecified atom stereocenters. The predicted octanol–water partition coefficient (Wildman–Crippen LogP) is 2.80. The lowest BCUT2D eigenvalue weighted by Gasteiger charge is -2.19. The summed E-state index contributed by atoms with van der Waals surface area (Å²) in [5.41, 5.74) is -1.05. The summed E-state index contributed by atoms with van der Waals surface area (Å²) in [4.78, 5) is 28.5. The Morgan fingerprint density at radius 2 is 1.96 bits per heavy atom. The van der Waals surface area contributed by atoms with Gasteiger partial charge in [-0.25, -0.2) is 4.98 Å². The molecule has 6 nitrogen and oxygen atoms in total. The van der Waals surface area contributed by atoms with E-state index in [4.69, 9.17) is 4.74 Å². The molecule has 2 aromatic rings. The molecular weight excluding hydrogens is 351 g/mol. The van der Waals surface area contributed by atoms with E-state index in [1.807, 2.05) is 0 Å². The summed E-state index contributed by atoms with van der Waals surface area (Å²) in [5.74, 6) is -4.18. The molecule has 1 heterocycles. The molecule has 0 bridgehead atoms. The minimum atomic E-state index is -4.67. The van der Waals surface area contributed by atoms with Gasteiger partial charge in [-0.15, -0.1) is 0 Å². The molecule has 0 radical (unpaired) electrons. The van der Waals surface area contributed by atoms with Gasteiger partial charge in [0.05, 0.1) is 11.6 Å². The number of para-hydroxylation sites is 1. The Labute approximate surface area is 146 Å². The van der Waals surface area contributed by atoms with Crippen molar-refractivity contribution in [2.75, 3.05) is 0 Å². The van der Waals surface area contributed by atoms with Crippen LogP contribution in [0.15, 0.2) is 36.7 Å². The summed E-state index contributed by atoms with van der Waals surface area (Å²) in [6.07, 6.45) is -3.32. The second kappa shape index (κ2) is 7.39. The summed E-state index contributed by atoms with van der Waals surface area (Å²) in [6.45, 7) is 1.19. The van der Waals surface area contributed by atoms with Crippen molar-refractivity contribution in [3.8, 4) is 11.8 Å². The molecular formula is C17H14F3N3O3. The minimum Gasteiger partial charge on any atom is -0.482 e. The number of benzene rings is 1. The molecule has 0 saturated carbocycles. The molecule has 0 aliphatic carbocycles. The maximum atomic E-state index is 13.0. The molecule has 1 aromatic heterocycles. The van der Waals surface area contributed by atoms with Gasteiger partial charge in [0.1, 0.15) is 5.75 Å². The number of alkyl halides is 3. The zero-order valence-corrected chi connectivity index (χ0v) is 13.8. The summed E-state index contributed by atoms with van der Waals surface area (Å²) in [7, 11) is 1.51. The lowest BCUT2D eigenvalue weighted by molar-refractivity contribution is -0.140. The molecule has 1 aromatic carbocycles. The average Bonchev–Trinajstić information content (AvgIpc) is 3.00. The van der Waals surface area contributed by atoms with Crippen LogP contribution in [0.1, 0.15) is 23.1 Å². The highest BCUT2D eigenvalue weighted by molar-refractivity contribution is 6.12. The Morgan fingerprint density at radius 1 is 1.31 bits per heavy atom. The first-order chi connectivity index (χ1) is 12.2. The summed E-state index contributed by atoms with van der Waals surface area (Å²) in [5, 5.41) is 9.19. The third-order valence-electron chi connectivity index (χ3n) is 3.61. The molecule has 0 saturated heterocycles. The highest BCUT2D eigenvalue weighted by Gasteiger charge is 2.37. The van der Waals surface area contributed by atoms with Gasteiger partial charge in [-0.2, -0.15) is 18.4 Å². The van der Waals surface area contributed by atoms with E-state index in [2.05, 4.69) is 4.98 Å². The number of nitriles is 1. The number of hydrogen-bond donors (Lipinski definition) is 0. The maximum Gasteiger partial charge on any atom is 0.419 e. The van der Waals surface area contributed by atoms with E-state index in [0.717, 1.165) is 12.1 Å². The molecule has 0 spiro atoms. The number of ether oxygens (including phenoxy) is 1. The highest BCUT2D eigenvalue weighted by Crippen LogP contribution is 2.36. The van der Waals surface area contributed by atoms with Crippen LogP contribution in [0.4, 0.5) is 13.2 Å². The van der Waals surface area contributed by atoms with E-state index >= 15 is 0 Å². The Hall–Kier alpha value is -3.15. The molecule has 0 fully saturated rings. The number of aryl methyl sites for hydroxylation is 1. The van der Waals surface area contributed by atoms with E-state index in [1.165, 1.54) is 43.1 Å². The zero-order valence-electron chi connectivity index (χ0n) is 13.8. The van der Waals surface area contributed by atoms with Crippen molar-refractivity contribution >= 4 is 11.6 Å². The Kier molecular flexibility index (Phi) is 5.45. The summed E-state index contributed by atoms with van der Waals surface area (Å²) in [6, 6.07) is 5.96. The van der Waals surface area contributed by atoms with Crippen LogP contribution in [0, 0.1) is 17.2 Å². The lowest BCUT2D eigenvalue weighted by Crippen LogP contribution is -2.35. The normalized spacial score (nSPS) is 13.5. The first-order valence-corrected chi connectivity index (χ1v) is 7.44.